The Hall–Kier alpha value is -0.950. The average Bonchev–Trinajstić information content (AvgIpc) is 3.27. The van der Waals surface area contributed by atoms with E-state index in [0.717, 1.165) is 20.3 Å². The fraction of sp³-hybridized carbons (Fsp3) is 0.333. The Labute approximate surface area is 201 Å². The summed E-state index contributed by atoms with van der Waals surface area (Å²) in [6, 6.07) is 5.50. The highest BCUT2D eigenvalue weighted by Crippen LogP contribution is 2.52. The van der Waals surface area contributed by atoms with Crippen LogP contribution in [0.1, 0.15) is 11.4 Å². The van der Waals surface area contributed by atoms with Crippen LogP contribution in [0.3, 0.4) is 0 Å². The van der Waals surface area contributed by atoms with Crippen molar-refractivity contribution < 1.29 is 27.4 Å². The smallest absolute Gasteiger partial charge is 0.323 e. The summed E-state index contributed by atoms with van der Waals surface area (Å²) < 4.78 is 35.0. The second kappa shape index (κ2) is 9.12. The molecule has 2 unspecified atom stereocenters. The minimum atomic E-state index is -4.06. The topological polar surface area (TPSA) is 98.8 Å². The molecule has 0 bridgehead atoms. The van der Waals surface area contributed by atoms with Crippen LogP contribution in [0.4, 0.5) is 0 Å². The maximum absolute atomic E-state index is 11.5. The Bertz CT molecular complexity index is 1210. The lowest BCUT2D eigenvalue weighted by atomic mass is 10.3. The number of carboxylic acid groups (broad SMARTS) is 1. The molecule has 0 aliphatic carbocycles. The molecule has 0 radical (unpaired) electrons. The van der Waals surface area contributed by atoms with Gasteiger partial charge in [0.1, 0.15) is 11.2 Å². The third kappa shape index (κ3) is 5.35. The molecular weight excluding hydrogens is 523 g/mol. The number of carbonyl (C=O) groups is 1. The molecule has 1 aromatic heterocycles. The van der Waals surface area contributed by atoms with Gasteiger partial charge in [0.25, 0.3) is 15.1 Å². The highest BCUT2D eigenvalue weighted by atomic mass is 35.5. The Kier molecular flexibility index (Phi) is 6.83. The zero-order valence-corrected chi connectivity index (χ0v) is 20.6. The molecule has 166 valence electrons. The number of thioether (sulfide) groups is 2. The second-order valence-electron chi connectivity index (χ2n) is 6.91. The van der Waals surface area contributed by atoms with Crippen molar-refractivity contribution in [2.75, 3.05) is 12.3 Å². The molecule has 1 saturated heterocycles. The number of aromatic nitrogens is 1. The standard InChI is InChI=1S/C18H16Cl2N2O5S4/c19-10-2-3-12-11(6-10)21(4-1-5-31(25,26)27)15(28-12)8-16-22(9-17(23)24)18-13(29-16)7-14(20)30-18/h2-3,6-8,13,18H,1,4-5,9H2,(H-,23,24,25,26,27)/p+1. The molecule has 7 nitrogen and oxygen atoms in total. The van der Waals surface area contributed by atoms with E-state index in [2.05, 4.69) is 0 Å². The van der Waals surface area contributed by atoms with Crippen molar-refractivity contribution in [1.82, 2.24) is 4.90 Å². The first kappa shape index (κ1) is 23.2. The summed E-state index contributed by atoms with van der Waals surface area (Å²) >= 11 is 16.8. The highest BCUT2D eigenvalue weighted by Gasteiger charge is 2.43. The molecule has 2 aliphatic heterocycles. The molecule has 13 heteroatoms. The number of aryl methyl sites for hydroxylation is 1. The lowest BCUT2D eigenvalue weighted by molar-refractivity contribution is -0.668. The summed E-state index contributed by atoms with van der Waals surface area (Å²) in [5.74, 6) is -1.28. The quantitative estimate of drug-likeness (QED) is 0.401. The number of carboxylic acids is 1. The molecule has 31 heavy (non-hydrogen) atoms. The van der Waals surface area contributed by atoms with Crippen LogP contribution >= 0.6 is 58.1 Å². The molecule has 2 aliphatic rings. The number of halogens is 2. The summed E-state index contributed by atoms with van der Waals surface area (Å²) in [6.07, 6.45) is 4.09. The largest absolute Gasteiger partial charge is 0.480 e. The molecule has 0 spiro atoms. The van der Waals surface area contributed by atoms with Gasteiger partial charge < -0.3 is 10.0 Å². The first-order chi connectivity index (χ1) is 14.6. The zero-order chi connectivity index (χ0) is 22.3. The lowest BCUT2D eigenvalue weighted by Crippen LogP contribution is -2.37. The van der Waals surface area contributed by atoms with E-state index >= 15 is 0 Å². The van der Waals surface area contributed by atoms with Crippen molar-refractivity contribution >= 4 is 90.4 Å². The fourth-order valence-corrected chi connectivity index (χ4v) is 8.49. The molecule has 0 saturated carbocycles. The van der Waals surface area contributed by atoms with Gasteiger partial charge in [-0.2, -0.15) is 13.0 Å². The van der Waals surface area contributed by atoms with E-state index in [1.165, 1.54) is 23.1 Å². The minimum absolute atomic E-state index is 0.0555. The Morgan fingerprint density at radius 3 is 2.77 bits per heavy atom. The molecule has 0 amide bonds. The molecule has 4 rings (SSSR count). The fourth-order valence-electron chi connectivity index (χ4n) is 3.45. The van der Waals surface area contributed by atoms with Crippen LogP contribution in [-0.4, -0.2) is 51.9 Å². The summed E-state index contributed by atoms with van der Waals surface area (Å²) in [4.78, 5) is 13.3. The van der Waals surface area contributed by atoms with E-state index in [9.17, 15) is 18.3 Å². The van der Waals surface area contributed by atoms with Crippen molar-refractivity contribution in [3.63, 3.8) is 0 Å². The first-order valence-corrected chi connectivity index (χ1v) is 14.0. The number of hydrogen-bond acceptors (Lipinski definition) is 7. The van der Waals surface area contributed by atoms with Crippen molar-refractivity contribution in [2.24, 2.45) is 0 Å². The number of aliphatic carboxylic acids is 1. The third-order valence-corrected chi connectivity index (χ3v) is 9.81. The average molecular weight is 541 g/mol. The Balaban J connectivity index is 1.73. The van der Waals surface area contributed by atoms with E-state index < -0.39 is 16.1 Å². The predicted molar refractivity (Wildman–Crippen MR) is 127 cm³/mol. The summed E-state index contributed by atoms with van der Waals surface area (Å²) in [5.41, 5.74) is 0.852. The Morgan fingerprint density at radius 1 is 1.29 bits per heavy atom. The van der Waals surface area contributed by atoms with Crippen molar-refractivity contribution in [3.8, 4) is 0 Å². The van der Waals surface area contributed by atoms with E-state index in [-0.39, 0.29) is 29.3 Å². The maximum Gasteiger partial charge on any atom is 0.323 e. The van der Waals surface area contributed by atoms with Gasteiger partial charge in [-0.15, -0.1) is 0 Å². The minimum Gasteiger partial charge on any atom is -0.480 e. The van der Waals surface area contributed by atoms with Gasteiger partial charge in [0.2, 0.25) is 5.52 Å². The van der Waals surface area contributed by atoms with Crippen molar-refractivity contribution in [1.29, 1.82) is 0 Å². The van der Waals surface area contributed by atoms with Crippen LogP contribution in [0.5, 0.6) is 0 Å². The molecule has 2 N–H and O–H groups in total. The number of thiazole rings is 1. The lowest BCUT2D eigenvalue weighted by Gasteiger charge is -2.23. The molecule has 2 aromatic rings. The van der Waals surface area contributed by atoms with Crippen LogP contribution in [0.25, 0.3) is 16.3 Å². The summed E-state index contributed by atoms with van der Waals surface area (Å²) in [7, 11) is -4.06. The molecule has 1 fully saturated rings. The van der Waals surface area contributed by atoms with Gasteiger partial charge >= 0.3 is 5.97 Å². The van der Waals surface area contributed by atoms with E-state index in [1.54, 1.807) is 17.8 Å². The second-order valence-corrected chi connectivity index (χ2v) is 13.0. The van der Waals surface area contributed by atoms with Gasteiger partial charge in [-0.25, -0.2) is 0 Å². The van der Waals surface area contributed by atoms with Crippen molar-refractivity contribution in [3.05, 3.63) is 43.7 Å². The molecule has 2 atom stereocenters. The predicted octanol–water partition coefficient (Wildman–Crippen LogP) is 4.07. The molecule has 1 aromatic carbocycles. The number of benzene rings is 1. The highest BCUT2D eigenvalue weighted by molar-refractivity contribution is 8.09. The Morgan fingerprint density at radius 2 is 2.06 bits per heavy atom. The maximum atomic E-state index is 11.5. The normalized spacial score (nSPS) is 22.4. The van der Waals surface area contributed by atoms with Gasteiger partial charge in [0.05, 0.1) is 31.8 Å². The number of hydrogen-bond donors (Lipinski definition) is 2. The van der Waals surface area contributed by atoms with Gasteiger partial charge in [0.15, 0.2) is 6.54 Å². The number of fused-ring (bicyclic) bond motifs is 2. The van der Waals surface area contributed by atoms with Crippen molar-refractivity contribution in [2.45, 2.75) is 23.6 Å². The third-order valence-electron chi connectivity index (χ3n) is 4.69. The van der Waals surface area contributed by atoms with Crippen LogP contribution < -0.4 is 4.57 Å². The molecule has 3 heterocycles. The summed E-state index contributed by atoms with van der Waals surface area (Å²) in [6.45, 7) is 0.209. The van der Waals surface area contributed by atoms with E-state index in [0.29, 0.717) is 15.9 Å². The van der Waals surface area contributed by atoms with Gasteiger partial charge in [-0.05, 0) is 18.2 Å². The monoisotopic (exact) mass is 539 g/mol. The van der Waals surface area contributed by atoms with Gasteiger partial charge in [-0.3, -0.25) is 9.35 Å². The van der Waals surface area contributed by atoms with Crippen LogP contribution in [0.15, 0.2) is 33.7 Å². The van der Waals surface area contributed by atoms with E-state index in [1.807, 2.05) is 33.8 Å². The SMILES string of the molecule is O=C(O)CN1C(=Cc2sc3ccc(Cl)cc3[n+]2CCCS(=O)(=O)O)SC2C=C(Cl)SC21. The molecular formula is C18H17Cl2N2O5S4+. The van der Waals surface area contributed by atoms with Crippen LogP contribution in [0, 0.1) is 0 Å². The van der Waals surface area contributed by atoms with Crippen LogP contribution in [0.2, 0.25) is 5.02 Å². The summed E-state index contributed by atoms with van der Waals surface area (Å²) in [5, 5.41) is 11.6. The number of nitrogens with zero attached hydrogens (tertiary/aromatic N) is 2. The van der Waals surface area contributed by atoms with Gasteiger partial charge in [0, 0.05) is 17.5 Å². The van der Waals surface area contributed by atoms with Gasteiger partial charge in [-0.1, -0.05) is 58.1 Å². The first-order valence-electron chi connectivity index (χ1n) is 9.08. The zero-order valence-electron chi connectivity index (χ0n) is 15.8. The van der Waals surface area contributed by atoms with E-state index in [4.69, 9.17) is 27.8 Å². The number of rotatable bonds is 7. The van der Waals surface area contributed by atoms with Crippen LogP contribution in [-0.2, 0) is 21.5 Å².